The smallest absolute Gasteiger partial charge is 0.0860 e. The van der Waals surface area contributed by atoms with Gasteiger partial charge in [-0.1, -0.05) is 52.9 Å². The van der Waals surface area contributed by atoms with Gasteiger partial charge in [0.15, 0.2) is 0 Å². The van der Waals surface area contributed by atoms with Crippen LogP contribution in [0.4, 0.5) is 0 Å². The molecule has 2 saturated carbocycles. The predicted molar refractivity (Wildman–Crippen MR) is 86.7 cm³/mol. The van der Waals surface area contributed by atoms with Crippen LogP contribution in [0.15, 0.2) is 0 Å². The Morgan fingerprint density at radius 2 is 1.57 bits per heavy atom. The van der Waals surface area contributed by atoms with E-state index in [1.54, 1.807) is 0 Å². The zero-order chi connectivity index (χ0) is 15.6. The highest BCUT2D eigenvalue weighted by Crippen LogP contribution is 2.53. The summed E-state index contributed by atoms with van der Waals surface area (Å²) in [5.74, 6) is 0.698. The van der Waals surface area contributed by atoms with Crippen molar-refractivity contribution in [3.05, 3.63) is 0 Å². The van der Waals surface area contributed by atoms with Gasteiger partial charge in [-0.05, 0) is 49.9 Å². The Balaban J connectivity index is 2.11. The molecule has 1 N–H and O–H groups in total. The molecule has 120 valence electrons. The van der Waals surface area contributed by atoms with Crippen molar-refractivity contribution in [3.63, 3.8) is 0 Å². The lowest BCUT2D eigenvalue weighted by Crippen LogP contribution is -2.50. The van der Waals surface area contributed by atoms with E-state index in [2.05, 4.69) is 26.8 Å². The van der Waals surface area contributed by atoms with Gasteiger partial charge in [-0.25, -0.2) is 0 Å². The molecular weight excluding hydrogens is 258 g/mol. The van der Waals surface area contributed by atoms with Crippen LogP contribution < -0.4 is 0 Å². The van der Waals surface area contributed by atoms with Gasteiger partial charge < -0.3 is 5.11 Å². The first-order chi connectivity index (χ1) is 9.89. The summed E-state index contributed by atoms with van der Waals surface area (Å²) in [5, 5.41) is 21.2. The van der Waals surface area contributed by atoms with Crippen molar-refractivity contribution in [3.8, 4) is 6.07 Å². The van der Waals surface area contributed by atoms with Crippen molar-refractivity contribution in [2.45, 2.75) is 97.0 Å². The Bertz CT molecular complexity index is 377. The summed E-state index contributed by atoms with van der Waals surface area (Å²) in [6.07, 6.45) is 11.5. The first-order valence-corrected chi connectivity index (χ1v) is 9.03. The second kappa shape index (κ2) is 6.29. The Morgan fingerprint density at radius 3 is 2.00 bits per heavy atom. The van der Waals surface area contributed by atoms with Gasteiger partial charge in [0.25, 0.3) is 0 Å². The average Bonchev–Trinajstić information content (AvgIpc) is 2.74. The topological polar surface area (TPSA) is 44.0 Å². The molecule has 0 aromatic heterocycles. The summed E-state index contributed by atoms with van der Waals surface area (Å²) in [4.78, 5) is 0. The Morgan fingerprint density at radius 1 is 1.05 bits per heavy atom. The highest BCUT2D eigenvalue weighted by molar-refractivity contribution is 5.13. The van der Waals surface area contributed by atoms with Crippen LogP contribution in [0.3, 0.4) is 0 Å². The van der Waals surface area contributed by atoms with Gasteiger partial charge in [0, 0.05) is 0 Å². The first-order valence-electron chi connectivity index (χ1n) is 9.03. The molecule has 2 heteroatoms. The lowest BCUT2D eigenvalue weighted by Gasteiger charge is -2.49. The molecule has 2 aliphatic carbocycles. The molecule has 2 nitrogen and oxygen atoms in total. The predicted octanol–water partition coefficient (Wildman–Crippen LogP) is 5.21. The van der Waals surface area contributed by atoms with Crippen LogP contribution in [0.2, 0.25) is 0 Å². The third-order valence-electron chi connectivity index (χ3n) is 6.89. The molecule has 0 amide bonds. The summed E-state index contributed by atoms with van der Waals surface area (Å²) in [6, 6.07) is 2.59. The molecule has 2 fully saturated rings. The largest absolute Gasteiger partial charge is 0.388 e. The van der Waals surface area contributed by atoms with Crippen LogP contribution >= 0.6 is 0 Å². The van der Waals surface area contributed by atoms with Crippen molar-refractivity contribution in [1.82, 2.24) is 0 Å². The van der Waals surface area contributed by atoms with Crippen LogP contribution in [0.5, 0.6) is 0 Å². The molecule has 0 heterocycles. The molecule has 2 aliphatic rings. The molecule has 0 saturated heterocycles. The second-order valence-electron chi connectivity index (χ2n) is 8.26. The minimum atomic E-state index is -0.730. The quantitative estimate of drug-likeness (QED) is 0.725. The van der Waals surface area contributed by atoms with Crippen molar-refractivity contribution in [2.75, 3.05) is 0 Å². The normalized spacial score (nSPS) is 34.0. The summed E-state index contributed by atoms with van der Waals surface area (Å²) < 4.78 is 0. The molecule has 0 aromatic carbocycles. The van der Waals surface area contributed by atoms with Crippen molar-refractivity contribution >= 4 is 0 Å². The van der Waals surface area contributed by atoms with Crippen LogP contribution in [-0.4, -0.2) is 10.7 Å². The van der Waals surface area contributed by atoms with Crippen LogP contribution in [0.25, 0.3) is 0 Å². The maximum atomic E-state index is 11.3. The third-order valence-corrected chi connectivity index (χ3v) is 6.89. The minimum Gasteiger partial charge on any atom is -0.388 e. The molecule has 0 bridgehead atoms. The van der Waals surface area contributed by atoms with Gasteiger partial charge in [-0.3, -0.25) is 0 Å². The van der Waals surface area contributed by atoms with Crippen LogP contribution in [-0.2, 0) is 0 Å². The van der Waals surface area contributed by atoms with Gasteiger partial charge in [0.05, 0.1) is 17.1 Å². The average molecular weight is 291 g/mol. The Kier molecular flexibility index (Phi) is 5.03. The molecule has 0 atom stereocenters. The highest BCUT2D eigenvalue weighted by atomic mass is 16.3. The van der Waals surface area contributed by atoms with Crippen LogP contribution in [0, 0.1) is 28.1 Å². The van der Waals surface area contributed by atoms with Crippen molar-refractivity contribution in [1.29, 1.82) is 5.26 Å². The molecule has 0 aliphatic heterocycles. The number of hydrogen-bond donors (Lipinski definition) is 1. The number of rotatable bonds is 3. The molecule has 2 rings (SSSR count). The molecular formula is C19H33NO. The number of nitriles is 1. The Hall–Kier alpha value is -0.550. The van der Waals surface area contributed by atoms with Crippen LogP contribution in [0.1, 0.15) is 91.4 Å². The minimum absolute atomic E-state index is 0.366. The SMILES string of the molecule is CCC(C)(C)C1CCC(O)(C2(C#N)CCCCCC2)CC1. The van der Waals surface area contributed by atoms with Gasteiger partial charge >= 0.3 is 0 Å². The number of nitrogens with zero attached hydrogens (tertiary/aromatic N) is 1. The fraction of sp³-hybridized carbons (Fsp3) is 0.947. The fourth-order valence-corrected chi connectivity index (χ4v) is 4.66. The summed E-state index contributed by atoms with van der Waals surface area (Å²) in [7, 11) is 0. The summed E-state index contributed by atoms with van der Waals surface area (Å²) in [6.45, 7) is 6.98. The van der Waals surface area contributed by atoms with Gasteiger partial charge in [-0.2, -0.15) is 5.26 Å². The summed E-state index contributed by atoms with van der Waals surface area (Å²) >= 11 is 0. The van der Waals surface area contributed by atoms with E-state index in [0.717, 1.165) is 51.4 Å². The van der Waals surface area contributed by atoms with Gasteiger partial charge in [-0.15, -0.1) is 0 Å². The summed E-state index contributed by atoms with van der Waals surface area (Å²) in [5.41, 5.74) is -0.832. The van der Waals surface area contributed by atoms with E-state index in [1.165, 1.54) is 19.3 Å². The number of aliphatic hydroxyl groups is 1. The zero-order valence-corrected chi connectivity index (χ0v) is 14.2. The van der Waals surface area contributed by atoms with E-state index in [4.69, 9.17) is 0 Å². The van der Waals surface area contributed by atoms with Crippen molar-refractivity contribution in [2.24, 2.45) is 16.7 Å². The number of hydrogen-bond acceptors (Lipinski definition) is 2. The van der Waals surface area contributed by atoms with E-state index in [1.807, 2.05) is 0 Å². The highest BCUT2D eigenvalue weighted by Gasteiger charge is 2.52. The van der Waals surface area contributed by atoms with E-state index in [-0.39, 0.29) is 0 Å². The van der Waals surface area contributed by atoms with E-state index < -0.39 is 11.0 Å². The van der Waals surface area contributed by atoms with E-state index in [9.17, 15) is 10.4 Å². The maximum Gasteiger partial charge on any atom is 0.0860 e. The third kappa shape index (κ3) is 3.14. The van der Waals surface area contributed by atoms with Crippen molar-refractivity contribution < 1.29 is 5.11 Å². The van der Waals surface area contributed by atoms with Gasteiger partial charge in [0.1, 0.15) is 0 Å². The maximum absolute atomic E-state index is 11.3. The first kappa shape index (κ1) is 16.8. The van der Waals surface area contributed by atoms with E-state index >= 15 is 0 Å². The lowest BCUT2D eigenvalue weighted by molar-refractivity contribution is -0.106. The van der Waals surface area contributed by atoms with E-state index in [0.29, 0.717) is 11.3 Å². The molecule has 21 heavy (non-hydrogen) atoms. The molecule has 0 unspecified atom stereocenters. The monoisotopic (exact) mass is 291 g/mol. The Labute approximate surface area is 130 Å². The molecule has 0 spiro atoms. The molecule has 0 radical (unpaired) electrons. The standard InChI is InChI=1S/C19H33NO/c1-4-17(2,3)16-9-13-19(21,14-10-16)18(15-20)11-7-5-6-8-12-18/h16,21H,4-14H2,1-3H3. The molecule has 0 aromatic rings. The lowest BCUT2D eigenvalue weighted by atomic mass is 9.58. The zero-order valence-electron chi connectivity index (χ0n) is 14.2. The second-order valence-corrected chi connectivity index (χ2v) is 8.26. The van der Waals surface area contributed by atoms with Gasteiger partial charge in [0.2, 0.25) is 0 Å². The fourth-order valence-electron chi connectivity index (χ4n) is 4.66.